The Labute approximate surface area is 166 Å². The molecular formula is C27H25N. The van der Waals surface area contributed by atoms with Gasteiger partial charge in [-0.05, 0) is 48.1 Å². The molecule has 1 nitrogen and oxygen atoms in total. The molecule has 0 saturated carbocycles. The van der Waals surface area contributed by atoms with Crippen LogP contribution in [0.1, 0.15) is 26.2 Å². The Kier molecular flexibility index (Phi) is 4.37. The molecule has 28 heavy (non-hydrogen) atoms. The lowest BCUT2D eigenvalue weighted by atomic mass is 9.92. The second-order valence-corrected chi connectivity index (χ2v) is 7.91. The van der Waals surface area contributed by atoms with E-state index < -0.39 is 0 Å². The van der Waals surface area contributed by atoms with Gasteiger partial charge in [0.15, 0.2) is 0 Å². The van der Waals surface area contributed by atoms with Crippen molar-refractivity contribution in [3.05, 3.63) is 96.7 Å². The minimum Gasteiger partial charge on any atom is -0.313 e. The number of nitrogens with zero attached hydrogens (tertiary/aromatic N) is 1. The summed E-state index contributed by atoms with van der Waals surface area (Å²) in [7, 11) is 0. The Bertz CT molecular complexity index is 1080. The molecule has 0 aliphatic heterocycles. The van der Waals surface area contributed by atoms with Crippen molar-refractivity contribution < 1.29 is 0 Å². The van der Waals surface area contributed by atoms with Crippen LogP contribution in [0.15, 0.2) is 96.7 Å². The van der Waals surface area contributed by atoms with E-state index in [2.05, 4.69) is 103 Å². The van der Waals surface area contributed by atoms with Gasteiger partial charge in [0.2, 0.25) is 0 Å². The summed E-state index contributed by atoms with van der Waals surface area (Å²) < 4.78 is 0. The number of allylic oxidation sites excluding steroid dienone is 2. The third-order valence-electron chi connectivity index (χ3n) is 5.95. The Morgan fingerprint density at radius 2 is 1.21 bits per heavy atom. The number of fused-ring (bicyclic) bond motifs is 2. The molecule has 1 unspecified atom stereocenters. The van der Waals surface area contributed by atoms with Crippen LogP contribution in [0.5, 0.6) is 0 Å². The molecule has 1 heteroatoms. The summed E-state index contributed by atoms with van der Waals surface area (Å²) in [6.07, 6.45) is 5.98. The first-order chi connectivity index (χ1) is 13.8. The molecule has 0 aromatic heterocycles. The van der Waals surface area contributed by atoms with E-state index >= 15 is 0 Å². The fraction of sp³-hybridized carbons (Fsp3) is 0.185. The van der Waals surface area contributed by atoms with Crippen molar-refractivity contribution >= 4 is 32.9 Å². The van der Waals surface area contributed by atoms with Gasteiger partial charge in [-0.25, -0.2) is 0 Å². The predicted octanol–water partition coefficient (Wildman–Crippen LogP) is 7.84. The van der Waals surface area contributed by atoms with Crippen LogP contribution in [0.4, 0.5) is 11.4 Å². The average Bonchev–Trinajstić information content (AvgIpc) is 2.75. The molecule has 0 fully saturated rings. The van der Waals surface area contributed by atoms with Gasteiger partial charge < -0.3 is 4.90 Å². The molecule has 0 spiro atoms. The summed E-state index contributed by atoms with van der Waals surface area (Å²) in [4.78, 5) is 2.51. The van der Waals surface area contributed by atoms with Crippen LogP contribution in [0.3, 0.4) is 0 Å². The lowest BCUT2D eigenvalue weighted by Crippen LogP contribution is -2.20. The fourth-order valence-corrected chi connectivity index (χ4v) is 4.40. The normalized spacial score (nSPS) is 16.9. The number of anilines is 2. The molecule has 1 atom stereocenters. The third kappa shape index (κ3) is 2.97. The maximum atomic E-state index is 2.51. The Morgan fingerprint density at radius 3 is 1.75 bits per heavy atom. The van der Waals surface area contributed by atoms with Crippen molar-refractivity contribution in [3.8, 4) is 0 Å². The lowest BCUT2D eigenvalue weighted by Gasteiger charge is -2.33. The van der Waals surface area contributed by atoms with Gasteiger partial charge in [-0.1, -0.05) is 85.8 Å². The van der Waals surface area contributed by atoms with E-state index in [9.17, 15) is 0 Å². The first-order valence-corrected chi connectivity index (χ1v) is 10.3. The Hall–Kier alpha value is -3.06. The number of hydrogen-bond acceptors (Lipinski definition) is 1. The van der Waals surface area contributed by atoms with E-state index in [-0.39, 0.29) is 0 Å². The largest absolute Gasteiger partial charge is 0.313 e. The first-order valence-electron chi connectivity index (χ1n) is 10.3. The molecule has 0 radical (unpaired) electrons. The van der Waals surface area contributed by atoms with Crippen LogP contribution in [-0.4, -0.2) is 0 Å². The fourth-order valence-electron chi connectivity index (χ4n) is 4.40. The van der Waals surface area contributed by atoms with Gasteiger partial charge in [-0.2, -0.15) is 0 Å². The van der Waals surface area contributed by atoms with E-state index in [0.717, 1.165) is 18.8 Å². The quantitative estimate of drug-likeness (QED) is 0.358. The molecule has 1 aliphatic rings. The third-order valence-corrected chi connectivity index (χ3v) is 5.95. The average molecular weight is 364 g/mol. The number of benzene rings is 4. The predicted molar refractivity (Wildman–Crippen MR) is 121 cm³/mol. The molecule has 0 bridgehead atoms. The molecule has 0 saturated heterocycles. The van der Waals surface area contributed by atoms with Crippen LogP contribution >= 0.6 is 0 Å². The monoisotopic (exact) mass is 363 g/mol. The van der Waals surface area contributed by atoms with Crippen molar-refractivity contribution in [2.24, 2.45) is 5.92 Å². The summed E-state index contributed by atoms with van der Waals surface area (Å²) in [5.74, 6) is 0.769. The summed E-state index contributed by atoms with van der Waals surface area (Å²) in [5, 5.41) is 5.18. The topological polar surface area (TPSA) is 3.24 Å². The van der Waals surface area contributed by atoms with Gasteiger partial charge >= 0.3 is 0 Å². The van der Waals surface area contributed by atoms with Crippen LogP contribution in [0.25, 0.3) is 21.5 Å². The first kappa shape index (κ1) is 17.1. The second kappa shape index (κ2) is 7.16. The highest BCUT2D eigenvalue weighted by Gasteiger charge is 2.21. The van der Waals surface area contributed by atoms with Crippen LogP contribution in [0.2, 0.25) is 0 Å². The Balaban J connectivity index is 1.78. The number of rotatable bonds is 3. The molecular weight excluding hydrogens is 338 g/mol. The van der Waals surface area contributed by atoms with Gasteiger partial charge in [-0.15, -0.1) is 0 Å². The van der Waals surface area contributed by atoms with Crippen molar-refractivity contribution in [3.63, 3.8) is 0 Å². The standard InChI is InChI=1S/C27H25N/c1-20-16-18-23(19-17-20)28(26-14-6-10-21-8-2-4-12-24(21)26)27-15-7-11-22-9-3-5-13-25(22)27/h2-15,18,20H,16-17,19H2,1H3. The van der Waals surface area contributed by atoms with Gasteiger partial charge in [0.1, 0.15) is 0 Å². The minimum absolute atomic E-state index is 0.769. The zero-order chi connectivity index (χ0) is 18.9. The van der Waals surface area contributed by atoms with Crippen molar-refractivity contribution in [1.82, 2.24) is 0 Å². The van der Waals surface area contributed by atoms with E-state index in [0.29, 0.717) is 0 Å². The second-order valence-electron chi connectivity index (χ2n) is 7.91. The molecule has 138 valence electrons. The summed E-state index contributed by atoms with van der Waals surface area (Å²) in [5.41, 5.74) is 3.97. The molecule has 4 aromatic carbocycles. The van der Waals surface area contributed by atoms with Gasteiger partial charge in [0, 0.05) is 16.5 Å². The van der Waals surface area contributed by atoms with E-state index in [4.69, 9.17) is 0 Å². The highest BCUT2D eigenvalue weighted by atomic mass is 15.2. The summed E-state index contributed by atoms with van der Waals surface area (Å²) >= 11 is 0. The van der Waals surface area contributed by atoms with Crippen molar-refractivity contribution in [2.45, 2.75) is 26.2 Å². The van der Waals surface area contributed by atoms with E-state index in [1.165, 1.54) is 45.0 Å². The molecule has 0 heterocycles. The maximum Gasteiger partial charge on any atom is 0.0536 e. The molecule has 0 N–H and O–H groups in total. The smallest absolute Gasteiger partial charge is 0.0536 e. The minimum atomic E-state index is 0.769. The molecule has 1 aliphatic carbocycles. The zero-order valence-electron chi connectivity index (χ0n) is 16.3. The summed E-state index contributed by atoms with van der Waals surface area (Å²) in [6, 6.07) is 30.7. The molecule has 4 aromatic rings. The lowest BCUT2D eigenvalue weighted by molar-refractivity contribution is 0.511. The van der Waals surface area contributed by atoms with Gasteiger partial charge in [0.05, 0.1) is 11.4 Å². The number of hydrogen-bond donors (Lipinski definition) is 0. The highest BCUT2D eigenvalue weighted by Crippen LogP contribution is 2.41. The molecule has 5 rings (SSSR count). The highest BCUT2D eigenvalue weighted by molar-refractivity contribution is 6.02. The zero-order valence-corrected chi connectivity index (χ0v) is 16.3. The van der Waals surface area contributed by atoms with Crippen molar-refractivity contribution in [2.75, 3.05) is 4.90 Å². The van der Waals surface area contributed by atoms with Gasteiger partial charge in [0.25, 0.3) is 0 Å². The van der Waals surface area contributed by atoms with Crippen LogP contribution in [0, 0.1) is 5.92 Å². The van der Waals surface area contributed by atoms with Crippen molar-refractivity contribution in [1.29, 1.82) is 0 Å². The van der Waals surface area contributed by atoms with E-state index in [1.807, 2.05) is 0 Å². The van der Waals surface area contributed by atoms with Gasteiger partial charge in [-0.3, -0.25) is 0 Å². The Morgan fingerprint density at radius 1 is 0.679 bits per heavy atom. The maximum absolute atomic E-state index is 2.51. The van der Waals surface area contributed by atoms with E-state index in [1.54, 1.807) is 0 Å². The SMILES string of the molecule is CC1CC=C(N(c2cccc3ccccc23)c2cccc3ccccc23)CC1. The molecule has 0 amide bonds. The van der Waals surface area contributed by atoms with Crippen LogP contribution in [-0.2, 0) is 0 Å². The van der Waals surface area contributed by atoms with Crippen LogP contribution < -0.4 is 4.90 Å². The summed E-state index contributed by atoms with van der Waals surface area (Å²) in [6.45, 7) is 2.35.